The third-order valence-electron chi connectivity index (χ3n) is 4.43. The molecule has 2 atom stereocenters. The molecule has 4 heteroatoms. The SMILES string of the molecule is CCC(CC)CN1C(=O)C(CC)NC1c1cccc(Cl)c1. The van der Waals surface area contributed by atoms with Gasteiger partial charge >= 0.3 is 0 Å². The largest absolute Gasteiger partial charge is 0.321 e. The van der Waals surface area contributed by atoms with E-state index in [1.807, 2.05) is 36.1 Å². The molecule has 0 aliphatic carbocycles. The minimum Gasteiger partial charge on any atom is -0.321 e. The Balaban J connectivity index is 2.26. The van der Waals surface area contributed by atoms with E-state index >= 15 is 0 Å². The van der Waals surface area contributed by atoms with Crippen molar-refractivity contribution in [2.75, 3.05) is 6.54 Å². The van der Waals surface area contributed by atoms with Crippen molar-refractivity contribution in [2.45, 2.75) is 52.2 Å². The molecular formula is C17H25ClN2O. The number of nitrogens with one attached hydrogen (secondary N) is 1. The summed E-state index contributed by atoms with van der Waals surface area (Å²) in [5, 5.41) is 4.17. The van der Waals surface area contributed by atoms with E-state index in [9.17, 15) is 4.79 Å². The monoisotopic (exact) mass is 308 g/mol. The average Bonchev–Trinajstić information content (AvgIpc) is 2.81. The maximum absolute atomic E-state index is 12.6. The molecule has 21 heavy (non-hydrogen) atoms. The second-order valence-corrected chi connectivity index (χ2v) is 6.19. The fraction of sp³-hybridized carbons (Fsp3) is 0.588. The molecule has 2 rings (SSSR count). The molecule has 0 bridgehead atoms. The van der Waals surface area contributed by atoms with E-state index in [1.54, 1.807) is 0 Å². The van der Waals surface area contributed by atoms with Crippen molar-refractivity contribution in [2.24, 2.45) is 5.92 Å². The number of amides is 1. The van der Waals surface area contributed by atoms with Crippen LogP contribution in [0.1, 0.15) is 51.8 Å². The Morgan fingerprint density at radius 1 is 1.29 bits per heavy atom. The molecule has 1 aliphatic rings. The van der Waals surface area contributed by atoms with Gasteiger partial charge in [-0.1, -0.05) is 57.3 Å². The van der Waals surface area contributed by atoms with Gasteiger partial charge in [-0.25, -0.2) is 0 Å². The molecule has 1 N–H and O–H groups in total. The smallest absolute Gasteiger partial charge is 0.241 e. The Kier molecular flexibility index (Phi) is 5.65. The molecule has 1 aliphatic heterocycles. The summed E-state index contributed by atoms with van der Waals surface area (Å²) >= 11 is 6.11. The summed E-state index contributed by atoms with van der Waals surface area (Å²) in [6.07, 6.45) is 2.95. The normalized spacial score (nSPS) is 22.3. The zero-order chi connectivity index (χ0) is 15.4. The quantitative estimate of drug-likeness (QED) is 0.862. The van der Waals surface area contributed by atoms with E-state index in [2.05, 4.69) is 19.2 Å². The highest BCUT2D eigenvalue weighted by Crippen LogP contribution is 2.29. The van der Waals surface area contributed by atoms with Crippen LogP contribution in [0.25, 0.3) is 0 Å². The van der Waals surface area contributed by atoms with Gasteiger partial charge in [0.15, 0.2) is 0 Å². The van der Waals surface area contributed by atoms with E-state index in [4.69, 9.17) is 11.6 Å². The molecule has 0 aromatic heterocycles. The van der Waals surface area contributed by atoms with Gasteiger partial charge in [-0.05, 0) is 30.0 Å². The van der Waals surface area contributed by atoms with E-state index in [0.29, 0.717) is 10.9 Å². The molecule has 0 spiro atoms. The number of halogens is 1. The number of carbonyl (C=O) groups excluding carboxylic acids is 1. The predicted octanol–water partition coefficient (Wildman–Crippen LogP) is 3.99. The minimum absolute atomic E-state index is 0.0539. The van der Waals surface area contributed by atoms with Crippen molar-refractivity contribution in [3.63, 3.8) is 0 Å². The summed E-state index contributed by atoms with van der Waals surface area (Å²) in [5.41, 5.74) is 1.07. The van der Waals surface area contributed by atoms with Gasteiger partial charge in [-0.15, -0.1) is 0 Å². The molecule has 1 aromatic rings. The molecule has 3 nitrogen and oxygen atoms in total. The van der Waals surface area contributed by atoms with Gasteiger partial charge in [0.25, 0.3) is 0 Å². The van der Waals surface area contributed by atoms with Crippen molar-refractivity contribution in [1.82, 2.24) is 10.2 Å². The molecule has 0 saturated carbocycles. The summed E-state index contributed by atoms with van der Waals surface area (Å²) in [6, 6.07) is 7.71. The van der Waals surface area contributed by atoms with E-state index in [1.165, 1.54) is 0 Å². The van der Waals surface area contributed by atoms with Crippen LogP contribution in [0.5, 0.6) is 0 Å². The van der Waals surface area contributed by atoms with E-state index in [0.717, 1.165) is 31.4 Å². The lowest BCUT2D eigenvalue weighted by Gasteiger charge is -2.28. The van der Waals surface area contributed by atoms with Gasteiger partial charge in [-0.3, -0.25) is 10.1 Å². The lowest BCUT2D eigenvalue weighted by atomic mass is 10.0. The maximum Gasteiger partial charge on any atom is 0.241 e. The van der Waals surface area contributed by atoms with Crippen LogP contribution in [0, 0.1) is 5.92 Å². The maximum atomic E-state index is 12.6. The topological polar surface area (TPSA) is 32.3 Å². The number of hydrogen-bond donors (Lipinski definition) is 1. The number of carbonyl (C=O) groups is 1. The van der Waals surface area contributed by atoms with Gasteiger partial charge in [0, 0.05) is 11.6 Å². The summed E-state index contributed by atoms with van der Waals surface area (Å²) in [6.45, 7) is 7.24. The van der Waals surface area contributed by atoms with E-state index in [-0.39, 0.29) is 18.1 Å². The second kappa shape index (κ2) is 7.28. The molecule has 1 heterocycles. The molecule has 0 radical (unpaired) electrons. The Labute approximate surface area is 132 Å². The average molecular weight is 309 g/mol. The van der Waals surface area contributed by atoms with Crippen molar-refractivity contribution in [1.29, 1.82) is 0 Å². The fourth-order valence-electron chi connectivity index (χ4n) is 2.94. The molecule has 2 unspecified atom stereocenters. The van der Waals surface area contributed by atoms with Gasteiger partial charge in [0.2, 0.25) is 5.91 Å². The van der Waals surface area contributed by atoms with Crippen LogP contribution < -0.4 is 5.32 Å². The first-order chi connectivity index (χ1) is 10.1. The molecule has 116 valence electrons. The van der Waals surface area contributed by atoms with Gasteiger partial charge in [-0.2, -0.15) is 0 Å². The van der Waals surface area contributed by atoms with Gasteiger partial charge < -0.3 is 4.90 Å². The number of rotatable bonds is 6. The molecule has 1 amide bonds. The molecular weight excluding hydrogens is 284 g/mol. The fourth-order valence-corrected chi connectivity index (χ4v) is 3.14. The van der Waals surface area contributed by atoms with Crippen LogP contribution >= 0.6 is 11.6 Å². The lowest BCUT2D eigenvalue weighted by molar-refractivity contribution is -0.130. The first-order valence-corrected chi connectivity index (χ1v) is 8.30. The lowest BCUT2D eigenvalue weighted by Crippen LogP contribution is -2.35. The molecule has 1 aromatic carbocycles. The van der Waals surface area contributed by atoms with Crippen molar-refractivity contribution in [3.8, 4) is 0 Å². The zero-order valence-electron chi connectivity index (χ0n) is 13.1. The Morgan fingerprint density at radius 3 is 2.57 bits per heavy atom. The highest BCUT2D eigenvalue weighted by Gasteiger charge is 2.39. The van der Waals surface area contributed by atoms with Gasteiger partial charge in [0.1, 0.15) is 6.17 Å². The van der Waals surface area contributed by atoms with Crippen LogP contribution in [-0.2, 0) is 4.79 Å². The summed E-state index contributed by atoms with van der Waals surface area (Å²) < 4.78 is 0. The Morgan fingerprint density at radius 2 is 2.00 bits per heavy atom. The van der Waals surface area contributed by atoms with Crippen molar-refractivity contribution < 1.29 is 4.79 Å². The van der Waals surface area contributed by atoms with E-state index < -0.39 is 0 Å². The highest BCUT2D eigenvalue weighted by molar-refractivity contribution is 6.30. The minimum atomic E-state index is -0.0802. The number of hydrogen-bond acceptors (Lipinski definition) is 2. The Bertz CT molecular complexity index is 487. The molecule has 1 saturated heterocycles. The predicted molar refractivity (Wildman–Crippen MR) is 87.2 cm³/mol. The zero-order valence-corrected chi connectivity index (χ0v) is 13.9. The first kappa shape index (κ1) is 16.3. The van der Waals surface area contributed by atoms with Crippen LogP contribution in [0.15, 0.2) is 24.3 Å². The summed E-state index contributed by atoms with van der Waals surface area (Å²) in [4.78, 5) is 14.6. The van der Waals surface area contributed by atoms with Gasteiger partial charge in [0.05, 0.1) is 6.04 Å². The Hall–Kier alpha value is -1.06. The van der Waals surface area contributed by atoms with Crippen molar-refractivity contribution >= 4 is 17.5 Å². The second-order valence-electron chi connectivity index (χ2n) is 5.76. The van der Waals surface area contributed by atoms with Crippen LogP contribution in [0.2, 0.25) is 5.02 Å². The summed E-state index contributed by atoms with van der Waals surface area (Å²) in [5.74, 6) is 0.766. The number of benzene rings is 1. The first-order valence-electron chi connectivity index (χ1n) is 7.92. The van der Waals surface area contributed by atoms with Crippen LogP contribution in [0.3, 0.4) is 0 Å². The highest BCUT2D eigenvalue weighted by atomic mass is 35.5. The van der Waals surface area contributed by atoms with Crippen LogP contribution in [0.4, 0.5) is 0 Å². The third kappa shape index (κ3) is 3.58. The van der Waals surface area contributed by atoms with Crippen molar-refractivity contribution in [3.05, 3.63) is 34.9 Å². The number of nitrogens with zero attached hydrogens (tertiary/aromatic N) is 1. The summed E-state index contributed by atoms with van der Waals surface area (Å²) in [7, 11) is 0. The third-order valence-corrected chi connectivity index (χ3v) is 4.67. The standard InChI is InChI=1S/C17H25ClN2O/c1-4-12(5-2)11-20-16(19-15(6-3)17(20)21)13-8-7-9-14(18)10-13/h7-10,12,15-16,19H,4-6,11H2,1-3H3. The molecule has 1 fully saturated rings. The van der Waals surface area contributed by atoms with Crippen LogP contribution in [-0.4, -0.2) is 23.4 Å².